The number of aryl methyl sites for hydroxylation is 4. The van der Waals surface area contributed by atoms with Gasteiger partial charge in [0.15, 0.2) is 35.3 Å². The minimum atomic E-state index is -0.288. The van der Waals surface area contributed by atoms with E-state index < -0.39 is 0 Å². The topological polar surface area (TPSA) is 108 Å². The summed E-state index contributed by atoms with van der Waals surface area (Å²) in [7, 11) is 2.98. The molecule has 0 radical (unpaired) electrons. The number of hydrogen-bond acceptors (Lipinski definition) is 7. The molecule has 50 heavy (non-hydrogen) atoms. The maximum atomic E-state index is 13.1. The molecule has 0 aliphatic rings. The zero-order valence-electron chi connectivity index (χ0n) is 28.4. The predicted octanol–water partition coefficient (Wildman–Crippen LogP) is 1.76. The van der Waals surface area contributed by atoms with Crippen molar-refractivity contribution in [1.29, 1.82) is 0 Å². The Bertz CT molecular complexity index is 1950. The maximum absolute atomic E-state index is 13.1. The van der Waals surface area contributed by atoms with Crippen LogP contribution >= 0.6 is 0 Å². The van der Waals surface area contributed by atoms with E-state index in [1.54, 1.807) is 65.5 Å². The van der Waals surface area contributed by atoms with Crippen molar-refractivity contribution in [2.45, 2.75) is 25.7 Å². The van der Waals surface area contributed by atoms with Crippen LogP contribution in [-0.2, 0) is 30.5 Å². The van der Waals surface area contributed by atoms with Crippen molar-refractivity contribution < 1.29 is 43.5 Å². The molecule has 252 valence electrons. The Kier molecular flexibility index (Phi) is 15.4. The minimum Gasteiger partial charge on any atom is -1.00 e. The maximum Gasteiger partial charge on any atom is 1.00 e. The first-order valence-corrected chi connectivity index (χ1v) is 15.1. The number of nitrogens with zero attached hydrogens (tertiary/aromatic N) is 7. The Labute approximate surface area is 312 Å². The largest absolute Gasteiger partial charge is 1.00 e. The van der Waals surface area contributed by atoms with Crippen molar-refractivity contribution in [3.63, 3.8) is 0 Å². The summed E-state index contributed by atoms with van der Waals surface area (Å²) < 4.78 is 29.1. The summed E-state index contributed by atoms with van der Waals surface area (Å²) in [5, 5.41) is 10.1. The van der Waals surface area contributed by atoms with Gasteiger partial charge in [0.2, 0.25) is 0 Å². The van der Waals surface area contributed by atoms with Gasteiger partial charge in [-0.05, 0) is 85.3 Å². The summed E-state index contributed by atoms with van der Waals surface area (Å²) in [6.45, 7) is 0. The van der Waals surface area contributed by atoms with E-state index >= 15 is 0 Å². The van der Waals surface area contributed by atoms with E-state index in [1.807, 2.05) is 36.4 Å². The van der Waals surface area contributed by atoms with E-state index in [0.29, 0.717) is 59.8 Å². The molecule has 2 aromatic carbocycles. The molecule has 0 spiro atoms. The zero-order valence-corrected chi connectivity index (χ0v) is 27.4. The fourth-order valence-corrected chi connectivity index (χ4v) is 4.78. The number of halogens is 2. The molecule has 0 bridgehead atoms. The first-order chi connectivity index (χ1) is 23.3. The SMILES string of the molecule is CON(C)C(=O)c1cn(-c2ccccn2)nc1CCc1ccc(F)cc1.O=Cc1cn(-c2ccccn2)nc1CCc1ccc(F)cc1.[AlH3].[H-].[Li+]. The third-order valence-corrected chi connectivity index (χ3v) is 7.43. The third-order valence-electron chi connectivity index (χ3n) is 7.43. The number of aromatic nitrogens is 6. The normalized spacial score (nSPS) is 10.2. The molecule has 0 aliphatic heterocycles. The fourth-order valence-electron chi connectivity index (χ4n) is 4.78. The number of hydrogen-bond donors (Lipinski definition) is 0. The van der Waals surface area contributed by atoms with Crippen LogP contribution in [0, 0.1) is 11.6 Å². The van der Waals surface area contributed by atoms with Crippen LogP contribution < -0.4 is 18.9 Å². The van der Waals surface area contributed by atoms with Gasteiger partial charge in [0.05, 0.1) is 29.6 Å². The van der Waals surface area contributed by atoms with Crippen LogP contribution in [0.25, 0.3) is 11.6 Å². The zero-order chi connectivity index (χ0) is 33.9. The predicted molar refractivity (Wildman–Crippen MR) is 186 cm³/mol. The molecule has 0 N–H and O–H groups in total. The first kappa shape index (κ1) is 39.7. The molecule has 14 heteroatoms. The van der Waals surface area contributed by atoms with Crippen molar-refractivity contribution in [3.05, 3.63) is 155 Å². The quantitative estimate of drug-likeness (QED) is 0.116. The van der Waals surface area contributed by atoms with Gasteiger partial charge in [-0.15, -0.1) is 0 Å². The Morgan fingerprint density at radius 3 is 1.70 bits per heavy atom. The van der Waals surface area contributed by atoms with E-state index in [-0.39, 0.29) is 55.2 Å². The number of benzene rings is 2. The molecule has 0 saturated heterocycles. The summed E-state index contributed by atoms with van der Waals surface area (Å²) in [5.74, 6) is 0.472. The van der Waals surface area contributed by atoms with E-state index in [1.165, 1.54) is 31.4 Å². The van der Waals surface area contributed by atoms with Crippen LogP contribution in [-0.4, -0.2) is 78.3 Å². The summed E-state index contributed by atoms with van der Waals surface area (Å²) in [6.07, 6.45) is 9.94. The van der Waals surface area contributed by atoms with Gasteiger partial charge in [-0.3, -0.25) is 14.4 Å². The first-order valence-electron chi connectivity index (χ1n) is 15.1. The molecule has 6 aromatic rings. The van der Waals surface area contributed by atoms with Crippen LogP contribution in [0.2, 0.25) is 0 Å². The summed E-state index contributed by atoms with van der Waals surface area (Å²) in [4.78, 5) is 37.2. The van der Waals surface area contributed by atoms with Crippen molar-refractivity contribution >= 4 is 29.6 Å². The second kappa shape index (κ2) is 19.4. The van der Waals surface area contributed by atoms with E-state index in [0.717, 1.165) is 22.5 Å². The van der Waals surface area contributed by atoms with Gasteiger partial charge in [0.25, 0.3) is 5.91 Å². The van der Waals surface area contributed by atoms with Crippen LogP contribution in [0.1, 0.15) is 44.7 Å². The summed E-state index contributed by atoms with van der Waals surface area (Å²) in [5.41, 5.74) is 4.32. The molecule has 1 amide bonds. The molecule has 0 unspecified atom stereocenters. The average Bonchev–Trinajstić information content (AvgIpc) is 3.76. The Morgan fingerprint density at radius 1 is 0.760 bits per heavy atom. The molecule has 0 atom stereocenters. The van der Waals surface area contributed by atoms with Gasteiger partial charge >= 0.3 is 18.9 Å². The Hall–Kier alpha value is -4.75. The summed E-state index contributed by atoms with van der Waals surface area (Å²) in [6, 6.07) is 23.6. The van der Waals surface area contributed by atoms with Gasteiger partial charge in [-0.1, -0.05) is 36.4 Å². The van der Waals surface area contributed by atoms with Gasteiger partial charge in [-0.2, -0.15) is 10.2 Å². The fraction of sp³-hybridized carbons (Fsp3) is 0.167. The minimum absolute atomic E-state index is 0. The van der Waals surface area contributed by atoms with Crippen LogP contribution in [0.4, 0.5) is 8.78 Å². The smallest absolute Gasteiger partial charge is 1.00 e. The number of carbonyl (C=O) groups is 2. The van der Waals surface area contributed by atoms with E-state index in [9.17, 15) is 18.4 Å². The number of carbonyl (C=O) groups excluding carboxylic acids is 2. The molecule has 0 fully saturated rings. The average molecular weight is 688 g/mol. The molecule has 0 saturated carbocycles. The van der Waals surface area contributed by atoms with Gasteiger partial charge in [0.1, 0.15) is 11.6 Å². The standard InChI is InChI=1S/C19H19FN4O2.C17H14FN3O.Al.Li.4H/c1-23(26-2)19(25)16-13-24(18-5-3-4-12-21-18)22-17(16)11-8-14-6-9-15(20)10-7-14;18-15-7-4-13(5-8-15)6-9-16-14(12-22)11-21(20-16)17-3-1-2-10-19-17;;;;;;/h3-7,9-10,12-13H,8,11H2,1-2H3;1-5,7-8,10-12H,6,9H2;;;;;;/q;;;+1;;;;-1. The van der Waals surface area contributed by atoms with Crippen LogP contribution in [0.5, 0.6) is 0 Å². The summed E-state index contributed by atoms with van der Waals surface area (Å²) >= 11 is 0. The molecule has 6 rings (SSSR count). The second-order valence-electron chi connectivity index (χ2n) is 10.6. The number of aldehydes is 1. The molecule has 4 aromatic heterocycles. The van der Waals surface area contributed by atoms with Gasteiger partial charge in [0, 0.05) is 31.8 Å². The Balaban J connectivity index is 0.000000338. The number of hydroxylamine groups is 2. The Morgan fingerprint density at radius 2 is 1.24 bits per heavy atom. The van der Waals surface area contributed by atoms with Crippen LogP contribution in [0.15, 0.2) is 110 Å². The van der Waals surface area contributed by atoms with E-state index in [4.69, 9.17) is 4.84 Å². The van der Waals surface area contributed by atoms with Crippen molar-refractivity contribution in [3.8, 4) is 11.6 Å². The van der Waals surface area contributed by atoms with Gasteiger partial charge < -0.3 is 1.43 Å². The van der Waals surface area contributed by atoms with Crippen molar-refractivity contribution in [2.24, 2.45) is 0 Å². The molecular formula is C36H37AlF2LiN7O3. The molecule has 10 nitrogen and oxygen atoms in total. The molecule has 0 aliphatic carbocycles. The molecule has 4 heterocycles. The van der Waals surface area contributed by atoms with Crippen molar-refractivity contribution in [1.82, 2.24) is 34.6 Å². The number of amides is 1. The molecular weight excluding hydrogens is 650 g/mol. The van der Waals surface area contributed by atoms with Crippen molar-refractivity contribution in [2.75, 3.05) is 14.2 Å². The number of rotatable bonds is 11. The second-order valence-corrected chi connectivity index (χ2v) is 10.6. The van der Waals surface area contributed by atoms with E-state index in [2.05, 4.69) is 20.2 Å². The van der Waals surface area contributed by atoms with Crippen LogP contribution in [0.3, 0.4) is 0 Å². The third kappa shape index (κ3) is 10.6. The number of pyridine rings is 2. The monoisotopic (exact) mass is 687 g/mol. The van der Waals surface area contributed by atoms with Gasteiger partial charge in [-0.25, -0.2) is 33.2 Å².